The Kier molecular flexibility index (Phi) is 4.67. The lowest BCUT2D eigenvalue weighted by Gasteiger charge is -2.09. The number of imidazole rings is 1. The molecule has 31 heavy (non-hydrogen) atoms. The summed E-state index contributed by atoms with van der Waals surface area (Å²) >= 11 is 0. The third-order valence-corrected chi connectivity index (χ3v) is 5.51. The van der Waals surface area contributed by atoms with Crippen molar-refractivity contribution in [3.63, 3.8) is 0 Å². The minimum atomic E-state index is 0.767. The number of hydrogen-bond donors (Lipinski definition) is 0. The van der Waals surface area contributed by atoms with Crippen molar-refractivity contribution >= 4 is 17.0 Å². The zero-order valence-electron chi connectivity index (χ0n) is 17.6. The lowest BCUT2D eigenvalue weighted by molar-refractivity contribution is 0.414. The van der Waals surface area contributed by atoms with E-state index in [1.54, 1.807) is 11.8 Å². The van der Waals surface area contributed by atoms with Gasteiger partial charge in [0.2, 0.25) is 0 Å². The highest BCUT2D eigenvalue weighted by Gasteiger charge is 2.14. The average Bonchev–Trinajstić information content (AvgIpc) is 3.53. The maximum atomic E-state index is 5.28. The zero-order valence-corrected chi connectivity index (χ0v) is 17.6. The topological polar surface area (TPSA) is 49.8 Å². The molecule has 0 bridgehead atoms. The molecule has 0 unspecified atom stereocenters. The Labute approximate surface area is 180 Å². The van der Waals surface area contributed by atoms with Crippen LogP contribution >= 0.6 is 0 Å². The Morgan fingerprint density at radius 3 is 2.61 bits per heavy atom. The van der Waals surface area contributed by atoms with Crippen LogP contribution in [0.4, 0.5) is 0 Å². The number of methoxy groups -OCH3 is 1. The molecule has 0 aliphatic carbocycles. The molecule has 2 aromatic carbocycles. The molecule has 0 N–H and O–H groups in total. The van der Waals surface area contributed by atoms with Gasteiger partial charge in [0.15, 0.2) is 0 Å². The van der Waals surface area contributed by atoms with Crippen molar-refractivity contribution in [1.82, 2.24) is 23.9 Å². The van der Waals surface area contributed by atoms with Crippen LogP contribution in [0.15, 0.2) is 80.2 Å². The van der Waals surface area contributed by atoms with Crippen molar-refractivity contribution in [3.8, 4) is 22.7 Å². The van der Waals surface area contributed by atoms with Gasteiger partial charge in [0, 0.05) is 48.7 Å². The number of benzene rings is 2. The molecule has 5 aromatic rings. The first-order valence-electron chi connectivity index (χ1n) is 10.1. The Morgan fingerprint density at radius 2 is 1.90 bits per heavy atom. The number of aromatic nitrogens is 5. The molecule has 5 rings (SSSR count). The Hall–Kier alpha value is -4.06. The number of ether oxygens (including phenoxy) is 1. The molecule has 3 heterocycles. The van der Waals surface area contributed by atoms with Gasteiger partial charge in [-0.05, 0) is 29.8 Å². The molecule has 0 radical (unpaired) electrons. The van der Waals surface area contributed by atoms with Gasteiger partial charge in [-0.25, -0.2) is 4.98 Å². The zero-order chi connectivity index (χ0) is 21.4. The van der Waals surface area contributed by atoms with Crippen molar-refractivity contribution in [2.75, 3.05) is 7.11 Å². The molecule has 0 saturated carbocycles. The summed E-state index contributed by atoms with van der Waals surface area (Å²) in [6.07, 6.45) is 11.8. The van der Waals surface area contributed by atoms with Crippen LogP contribution in [0.1, 0.15) is 11.1 Å². The number of hydrogen-bond acceptors (Lipinski definition) is 3. The average molecular weight is 409 g/mol. The maximum Gasteiger partial charge on any atom is 0.118 e. The summed E-state index contributed by atoms with van der Waals surface area (Å²) in [5.74, 6) is 0.861. The van der Waals surface area contributed by atoms with Crippen molar-refractivity contribution in [3.05, 3.63) is 91.3 Å². The van der Waals surface area contributed by atoms with Gasteiger partial charge < -0.3 is 13.9 Å². The molecule has 0 spiro atoms. The van der Waals surface area contributed by atoms with Gasteiger partial charge in [0.25, 0.3) is 0 Å². The molecule has 0 aliphatic heterocycles. The Morgan fingerprint density at radius 1 is 1.06 bits per heavy atom. The lowest BCUT2D eigenvalue weighted by Crippen LogP contribution is -1.98. The van der Waals surface area contributed by atoms with E-state index in [4.69, 9.17) is 4.74 Å². The van der Waals surface area contributed by atoms with E-state index in [1.165, 1.54) is 5.56 Å². The normalized spacial score (nSPS) is 11.2. The van der Waals surface area contributed by atoms with Crippen LogP contribution in [0.3, 0.4) is 0 Å². The monoisotopic (exact) mass is 409 g/mol. The van der Waals surface area contributed by atoms with Crippen molar-refractivity contribution in [2.45, 2.75) is 6.54 Å². The molecule has 0 aliphatic rings. The van der Waals surface area contributed by atoms with Gasteiger partial charge in [-0.3, -0.25) is 4.68 Å². The molecule has 3 aromatic heterocycles. The van der Waals surface area contributed by atoms with Crippen LogP contribution in [0.5, 0.6) is 5.75 Å². The molecule has 154 valence electrons. The van der Waals surface area contributed by atoms with Crippen LogP contribution in [-0.4, -0.2) is 31.0 Å². The summed E-state index contributed by atoms with van der Waals surface area (Å²) in [4.78, 5) is 4.59. The summed E-state index contributed by atoms with van der Waals surface area (Å²) in [5.41, 5.74) is 6.41. The number of fused-ring (bicyclic) bond motifs is 1. The fourth-order valence-corrected chi connectivity index (χ4v) is 3.95. The first-order valence-corrected chi connectivity index (χ1v) is 10.1. The largest absolute Gasteiger partial charge is 0.497 e. The molecule has 6 nitrogen and oxygen atoms in total. The summed E-state index contributed by atoms with van der Waals surface area (Å²) in [5, 5.41) is 5.40. The van der Waals surface area contributed by atoms with E-state index in [9.17, 15) is 0 Å². The Balaban J connectivity index is 1.57. The third kappa shape index (κ3) is 3.42. The lowest BCUT2D eigenvalue weighted by atomic mass is 10.1. The van der Waals surface area contributed by atoms with Gasteiger partial charge in [-0.15, -0.1) is 0 Å². The van der Waals surface area contributed by atoms with Gasteiger partial charge in [0.05, 0.1) is 36.5 Å². The van der Waals surface area contributed by atoms with Gasteiger partial charge in [-0.1, -0.05) is 30.9 Å². The van der Waals surface area contributed by atoms with Crippen molar-refractivity contribution < 1.29 is 4.74 Å². The van der Waals surface area contributed by atoms with Gasteiger partial charge >= 0.3 is 0 Å². The molecular formula is C25H23N5O. The molecule has 0 atom stereocenters. The van der Waals surface area contributed by atoms with E-state index in [0.717, 1.165) is 45.7 Å². The summed E-state index contributed by atoms with van der Waals surface area (Å²) in [6.45, 7) is 4.82. The van der Waals surface area contributed by atoms with E-state index >= 15 is 0 Å². The van der Waals surface area contributed by atoms with Crippen molar-refractivity contribution in [1.29, 1.82) is 0 Å². The highest BCUT2D eigenvalue weighted by Crippen LogP contribution is 2.30. The summed E-state index contributed by atoms with van der Waals surface area (Å²) in [7, 11) is 3.59. The SMILES string of the molecule is C=Cc1cn(Cc2ccc(OC)cc2)c2cccc(-n3cnc(-c4cnn(C)c4)c3)c12. The minimum absolute atomic E-state index is 0.767. The molecule has 0 fully saturated rings. The number of nitrogens with zero attached hydrogens (tertiary/aromatic N) is 5. The smallest absolute Gasteiger partial charge is 0.118 e. The Bertz CT molecular complexity index is 1370. The van der Waals surface area contributed by atoms with E-state index in [1.807, 2.05) is 50.2 Å². The van der Waals surface area contributed by atoms with Crippen LogP contribution in [-0.2, 0) is 13.6 Å². The summed E-state index contributed by atoms with van der Waals surface area (Å²) in [6, 6.07) is 14.5. The standard InChI is InChI=1S/C25H23N5O/c1-4-19-15-29(13-18-8-10-21(31-3)11-9-18)23-6-5-7-24(25(19)23)30-16-22(26-17-30)20-12-27-28(2)14-20/h4-12,14-17H,1,13H2,2-3H3. The molecule has 6 heteroatoms. The van der Waals surface area contributed by atoms with Gasteiger partial charge in [0.1, 0.15) is 5.75 Å². The molecular weight excluding hydrogens is 386 g/mol. The summed E-state index contributed by atoms with van der Waals surface area (Å²) < 4.78 is 11.4. The first kappa shape index (κ1) is 18.9. The van der Waals surface area contributed by atoms with Crippen LogP contribution in [0, 0.1) is 0 Å². The first-order chi connectivity index (χ1) is 15.2. The van der Waals surface area contributed by atoms with Gasteiger partial charge in [-0.2, -0.15) is 5.10 Å². The third-order valence-electron chi connectivity index (χ3n) is 5.51. The number of rotatable bonds is 6. The highest BCUT2D eigenvalue weighted by atomic mass is 16.5. The molecule has 0 saturated heterocycles. The minimum Gasteiger partial charge on any atom is -0.497 e. The fourth-order valence-electron chi connectivity index (χ4n) is 3.95. The predicted molar refractivity (Wildman–Crippen MR) is 123 cm³/mol. The number of aryl methyl sites for hydroxylation is 1. The molecule has 0 amide bonds. The van der Waals surface area contributed by atoms with Crippen LogP contribution in [0.2, 0.25) is 0 Å². The van der Waals surface area contributed by atoms with Crippen LogP contribution in [0.25, 0.3) is 33.9 Å². The highest BCUT2D eigenvalue weighted by molar-refractivity contribution is 5.96. The van der Waals surface area contributed by atoms with E-state index in [0.29, 0.717) is 0 Å². The van der Waals surface area contributed by atoms with E-state index in [2.05, 4.69) is 62.3 Å². The second-order valence-corrected chi connectivity index (χ2v) is 7.50. The fraction of sp³-hybridized carbons (Fsp3) is 0.120. The van der Waals surface area contributed by atoms with E-state index in [-0.39, 0.29) is 0 Å². The maximum absolute atomic E-state index is 5.28. The second-order valence-electron chi connectivity index (χ2n) is 7.50. The van der Waals surface area contributed by atoms with Crippen LogP contribution < -0.4 is 4.74 Å². The van der Waals surface area contributed by atoms with Crippen molar-refractivity contribution in [2.24, 2.45) is 7.05 Å². The predicted octanol–water partition coefficient (Wildman–Crippen LogP) is 4.93. The quantitative estimate of drug-likeness (QED) is 0.400. The van der Waals surface area contributed by atoms with E-state index < -0.39 is 0 Å². The second kappa shape index (κ2) is 7.65.